The van der Waals surface area contributed by atoms with Crippen LogP contribution in [0.2, 0.25) is 0 Å². The number of ketones is 3. The van der Waals surface area contributed by atoms with Gasteiger partial charge < -0.3 is 9.47 Å². The maximum Gasteiger partial charge on any atom is 0.196 e. The van der Waals surface area contributed by atoms with Gasteiger partial charge in [-0.3, -0.25) is 14.4 Å². The molecule has 0 aromatic heterocycles. The van der Waals surface area contributed by atoms with Crippen molar-refractivity contribution in [3.05, 3.63) is 144 Å². The lowest BCUT2D eigenvalue weighted by molar-refractivity contribution is 0.0452. The highest BCUT2D eigenvalue weighted by molar-refractivity contribution is 6.00. The molecule has 0 N–H and O–H groups in total. The Balaban J connectivity index is 0.000000232. The first-order valence-electron chi connectivity index (χ1n) is 14.1. The Morgan fingerprint density at radius 1 is 0.561 bits per heavy atom. The van der Waals surface area contributed by atoms with Crippen LogP contribution in [-0.2, 0) is 9.47 Å². The van der Waals surface area contributed by atoms with Crippen LogP contribution in [-0.4, -0.2) is 37.2 Å². The van der Waals surface area contributed by atoms with Gasteiger partial charge in [-0.1, -0.05) is 121 Å². The van der Waals surface area contributed by atoms with Gasteiger partial charge in [0.15, 0.2) is 17.3 Å². The Kier molecular flexibility index (Phi) is 13.9. The van der Waals surface area contributed by atoms with E-state index in [0.717, 1.165) is 16.7 Å². The highest BCUT2D eigenvalue weighted by atomic mass is 16.5. The second-order valence-electron chi connectivity index (χ2n) is 9.37. The van der Waals surface area contributed by atoms with Crippen LogP contribution in [0.25, 0.3) is 0 Å². The third kappa shape index (κ3) is 11.1. The minimum Gasteiger partial charge on any atom is -0.381 e. The summed E-state index contributed by atoms with van der Waals surface area (Å²) in [5.41, 5.74) is 3.08. The lowest BCUT2D eigenvalue weighted by Gasteiger charge is -2.16. The number of carbonyl (C=O) groups excluding carboxylic acids is 3. The lowest BCUT2D eigenvalue weighted by atomic mass is 10.00. The van der Waals surface area contributed by atoms with Crippen molar-refractivity contribution in [3.8, 4) is 0 Å². The number of ether oxygens (including phenoxy) is 2. The Labute approximate surface area is 243 Å². The van der Waals surface area contributed by atoms with Gasteiger partial charge in [-0.15, -0.1) is 0 Å². The molecule has 41 heavy (non-hydrogen) atoms. The molecule has 0 radical (unpaired) electrons. The van der Waals surface area contributed by atoms with E-state index in [9.17, 15) is 14.4 Å². The molecule has 5 nitrogen and oxygen atoms in total. The fourth-order valence-electron chi connectivity index (χ4n) is 4.18. The second-order valence-corrected chi connectivity index (χ2v) is 9.37. The van der Waals surface area contributed by atoms with Crippen molar-refractivity contribution in [2.24, 2.45) is 0 Å². The zero-order valence-corrected chi connectivity index (χ0v) is 23.6. The van der Waals surface area contributed by atoms with Gasteiger partial charge in [0, 0.05) is 49.4 Å². The van der Waals surface area contributed by atoms with E-state index in [1.807, 2.05) is 128 Å². The van der Waals surface area contributed by atoms with Crippen molar-refractivity contribution < 1.29 is 23.9 Å². The van der Waals surface area contributed by atoms with E-state index in [-0.39, 0.29) is 17.3 Å². The SMILES string of the molecule is CCOC(C(=O)c1ccccc1)c1ccccc1.O=C(CCCOCCCC(=O)c1ccccc1)c1ccccc1. The molecule has 0 saturated heterocycles. The van der Waals surface area contributed by atoms with Gasteiger partial charge in [0.25, 0.3) is 0 Å². The molecule has 0 fully saturated rings. The van der Waals surface area contributed by atoms with Crippen LogP contribution in [0.15, 0.2) is 121 Å². The number of benzene rings is 4. The number of rotatable bonds is 15. The zero-order valence-electron chi connectivity index (χ0n) is 23.6. The number of Topliss-reactive ketones (excluding diaryl/α,β-unsaturated/α-hetero) is 3. The summed E-state index contributed by atoms with van der Waals surface area (Å²) in [4.78, 5) is 36.2. The van der Waals surface area contributed by atoms with E-state index in [1.165, 1.54) is 0 Å². The first kappa shape index (κ1) is 31.3. The maximum atomic E-state index is 12.4. The summed E-state index contributed by atoms with van der Waals surface area (Å²) in [6.07, 6.45) is 1.89. The van der Waals surface area contributed by atoms with Crippen LogP contribution in [0.1, 0.15) is 75.3 Å². The summed E-state index contributed by atoms with van der Waals surface area (Å²) in [6.45, 7) is 3.52. The summed E-state index contributed by atoms with van der Waals surface area (Å²) in [5, 5.41) is 0. The van der Waals surface area contributed by atoms with Crippen LogP contribution in [0.3, 0.4) is 0 Å². The molecule has 0 aliphatic carbocycles. The van der Waals surface area contributed by atoms with Gasteiger partial charge >= 0.3 is 0 Å². The van der Waals surface area contributed by atoms with Crippen LogP contribution < -0.4 is 0 Å². The van der Waals surface area contributed by atoms with E-state index in [1.54, 1.807) is 0 Å². The van der Waals surface area contributed by atoms with Crippen molar-refractivity contribution in [2.75, 3.05) is 19.8 Å². The molecule has 0 heterocycles. The normalized spacial score (nSPS) is 11.1. The van der Waals surface area contributed by atoms with Crippen LogP contribution in [0.5, 0.6) is 0 Å². The van der Waals surface area contributed by atoms with Crippen molar-refractivity contribution in [2.45, 2.75) is 38.7 Å². The smallest absolute Gasteiger partial charge is 0.196 e. The van der Waals surface area contributed by atoms with Crippen molar-refractivity contribution >= 4 is 17.3 Å². The molecule has 1 unspecified atom stereocenters. The van der Waals surface area contributed by atoms with Crippen LogP contribution in [0, 0.1) is 0 Å². The van der Waals surface area contributed by atoms with E-state index in [0.29, 0.717) is 51.1 Å². The van der Waals surface area contributed by atoms with Gasteiger partial charge in [-0.05, 0) is 25.3 Å². The molecule has 0 saturated carbocycles. The minimum absolute atomic E-state index is 0.00338. The predicted octanol–water partition coefficient (Wildman–Crippen LogP) is 7.98. The Hall–Kier alpha value is -4.19. The van der Waals surface area contributed by atoms with Gasteiger partial charge in [0.1, 0.15) is 6.10 Å². The van der Waals surface area contributed by atoms with Crippen molar-refractivity contribution in [1.29, 1.82) is 0 Å². The Bertz CT molecular complexity index is 1250. The molecule has 4 rings (SSSR count). The maximum absolute atomic E-state index is 12.4. The van der Waals surface area contributed by atoms with Crippen LogP contribution >= 0.6 is 0 Å². The monoisotopic (exact) mass is 550 g/mol. The van der Waals surface area contributed by atoms with Crippen LogP contribution in [0.4, 0.5) is 0 Å². The van der Waals surface area contributed by atoms with E-state index >= 15 is 0 Å². The fraction of sp³-hybridized carbons (Fsp3) is 0.250. The number of hydrogen-bond acceptors (Lipinski definition) is 5. The van der Waals surface area contributed by atoms with Crippen molar-refractivity contribution in [1.82, 2.24) is 0 Å². The van der Waals surface area contributed by atoms with E-state index < -0.39 is 6.10 Å². The summed E-state index contributed by atoms with van der Waals surface area (Å²) in [5.74, 6) is 0.297. The van der Waals surface area contributed by atoms with Gasteiger partial charge in [-0.2, -0.15) is 0 Å². The molecule has 0 amide bonds. The van der Waals surface area contributed by atoms with Gasteiger partial charge in [0.05, 0.1) is 0 Å². The first-order valence-corrected chi connectivity index (χ1v) is 14.1. The molecule has 5 heteroatoms. The molecule has 0 aliphatic heterocycles. The summed E-state index contributed by atoms with van der Waals surface area (Å²) in [7, 11) is 0. The zero-order chi connectivity index (χ0) is 29.1. The second kappa shape index (κ2) is 18.2. The molecule has 4 aromatic carbocycles. The molecule has 0 aliphatic rings. The number of hydrogen-bond donors (Lipinski definition) is 0. The molecular weight excluding hydrogens is 512 g/mol. The standard InChI is InChI=1S/C20H22O3.C16H16O2/c21-19(17-9-3-1-4-10-17)13-7-15-23-16-8-14-20(22)18-11-5-2-6-12-18;1-2-18-16(14-11-7-4-8-12-14)15(17)13-9-5-3-6-10-13/h1-6,9-12H,7-8,13-16H2;3-12,16H,2H2,1H3. The fourth-order valence-corrected chi connectivity index (χ4v) is 4.18. The van der Waals surface area contributed by atoms with Gasteiger partial charge in [0.2, 0.25) is 0 Å². The first-order chi connectivity index (χ1) is 20.1. The molecular formula is C36H38O5. The summed E-state index contributed by atoms with van der Waals surface area (Å²) >= 11 is 0. The Morgan fingerprint density at radius 2 is 0.951 bits per heavy atom. The quantitative estimate of drug-likeness (QED) is 0.111. The lowest BCUT2D eigenvalue weighted by Crippen LogP contribution is -2.16. The topological polar surface area (TPSA) is 69.7 Å². The predicted molar refractivity (Wildman–Crippen MR) is 162 cm³/mol. The molecule has 1 atom stereocenters. The molecule has 4 aromatic rings. The largest absolute Gasteiger partial charge is 0.381 e. The average molecular weight is 551 g/mol. The third-order valence-electron chi connectivity index (χ3n) is 6.31. The minimum atomic E-state index is -0.515. The summed E-state index contributed by atoms with van der Waals surface area (Å²) in [6, 6.07) is 37.5. The molecule has 0 bridgehead atoms. The van der Waals surface area contributed by atoms with E-state index in [4.69, 9.17) is 9.47 Å². The summed E-state index contributed by atoms with van der Waals surface area (Å²) < 4.78 is 11.1. The van der Waals surface area contributed by atoms with Crippen molar-refractivity contribution in [3.63, 3.8) is 0 Å². The average Bonchev–Trinajstić information content (AvgIpc) is 3.04. The highest BCUT2D eigenvalue weighted by Crippen LogP contribution is 2.22. The third-order valence-corrected chi connectivity index (χ3v) is 6.31. The highest BCUT2D eigenvalue weighted by Gasteiger charge is 2.21. The Morgan fingerprint density at radius 3 is 1.37 bits per heavy atom. The molecule has 212 valence electrons. The molecule has 0 spiro atoms. The number of carbonyl (C=O) groups is 3. The van der Waals surface area contributed by atoms with E-state index in [2.05, 4.69) is 0 Å². The van der Waals surface area contributed by atoms with Gasteiger partial charge in [-0.25, -0.2) is 0 Å².